The number of aliphatic hydroxyl groups excluding tert-OH is 2. The molecule has 0 spiro atoms. The number of aliphatic hydroxyl groups is 3. The lowest BCUT2D eigenvalue weighted by molar-refractivity contribution is -0.346. The fourth-order valence-electron chi connectivity index (χ4n) is 9.53. The van der Waals surface area contributed by atoms with Gasteiger partial charge in [-0.3, -0.25) is 14.4 Å². The van der Waals surface area contributed by atoms with Crippen LogP contribution < -0.4 is 5.32 Å². The summed E-state index contributed by atoms with van der Waals surface area (Å²) in [7, 11) is 1.30. The molecule has 3 aliphatic carbocycles. The summed E-state index contributed by atoms with van der Waals surface area (Å²) in [6.07, 6.45) is -9.34. The minimum atomic E-state index is -2.24. The highest BCUT2D eigenvalue weighted by Crippen LogP contribution is 2.64. The monoisotopic (exact) mass is 763 g/mol. The molecular weight excluding hydrogens is 714 g/mol. The van der Waals surface area contributed by atoms with Gasteiger partial charge in [-0.25, -0.2) is 9.59 Å². The van der Waals surface area contributed by atoms with Crippen LogP contribution in [0.1, 0.15) is 76.3 Å². The van der Waals surface area contributed by atoms with Gasteiger partial charge in [0.25, 0.3) is 0 Å². The molecule has 1 amide bonds. The quantitative estimate of drug-likeness (QED) is 0.165. The zero-order valence-corrected chi connectivity index (χ0v) is 31.9. The van der Waals surface area contributed by atoms with Crippen LogP contribution in [0, 0.1) is 16.7 Å². The van der Waals surface area contributed by atoms with Crippen LogP contribution in [0.15, 0.2) is 71.8 Å². The Kier molecular flexibility index (Phi) is 10.6. The number of Topliss-reactive ketones (excluding diaryl/α,β-unsaturated/α-hetero) is 1. The molecule has 11 atom stereocenters. The molecule has 3 fully saturated rings. The van der Waals surface area contributed by atoms with Crippen molar-refractivity contribution in [2.45, 2.75) is 108 Å². The van der Waals surface area contributed by atoms with Crippen molar-refractivity contribution in [2.24, 2.45) is 16.7 Å². The third-order valence-corrected chi connectivity index (χ3v) is 12.5. The van der Waals surface area contributed by atoms with Gasteiger partial charge in [0.2, 0.25) is 5.91 Å². The third kappa shape index (κ3) is 6.37. The van der Waals surface area contributed by atoms with Crippen LogP contribution >= 0.6 is 0 Å². The molecule has 2 saturated carbocycles. The second kappa shape index (κ2) is 14.6. The summed E-state index contributed by atoms with van der Waals surface area (Å²) < 4.78 is 30.2. The molecule has 0 aromatic heterocycles. The summed E-state index contributed by atoms with van der Waals surface area (Å²) in [5.41, 5.74) is -6.17. The van der Waals surface area contributed by atoms with Crippen LogP contribution in [-0.4, -0.2) is 106 Å². The van der Waals surface area contributed by atoms with Crippen LogP contribution in [0.4, 0.5) is 0 Å². The lowest BCUT2D eigenvalue weighted by Gasteiger charge is -2.67. The van der Waals surface area contributed by atoms with Gasteiger partial charge in [0.15, 0.2) is 17.5 Å². The van der Waals surface area contributed by atoms with Gasteiger partial charge in [0, 0.05) is 39.2 Å². The van der Waals surface area contributed by atoms with Gasteiger partial charge in [-0.1, -0.05) is 62.4 Å². The molecule has 55 heavy (non-hydrogen) atoms. The number of hydrogen-bond acceptors (Lipinski definition) is 13. The highest BCUT2D eigenvalue weighted by Gasteiger charge is 2.78. The number of amides is 1. The summed E-state index contributed by atoms with van der Waals surface area (Å²) >= 11 is 0. The minimum absolute atomic E-state index is 0.114. The molecule has 2 aromatic rings. The van der Waals surface area contributed by atoms with Gasteiger partial charge < -0.3 is 44.3 Å². The number of ketones is 1. The highest BCUT2D eigenvalue weighted by molar-refractivity contribution is 5.94. The Bertz CT molecular complexity index is 1880. The van der Waals surface area contributed by atoms with E-state index in [0.717, 1.165) is 0 Å². The molecule has 6 rings (SSSR count). The molecule has 1 aliphatic heterocycles. The van der Waals surface area contributed by atoms with Crippen LogP contribution in [0.5, 0.6) is 0 Å². The molecule has 4 N–H and O–H groups in total. The van der Waals surface area contributed by atoms with Gasteiger partial charge in [0.1, 0.15) is 30.0 Å². The Hall–Kier alpha value is -4.47. The summed E-state index contributed by atoms with van der Waals surface area (Å²) in [5.74, 6) is -5.32. The SMILES string of the molecule is CO[C@H]1C(=O)[C@@]2(C)[C@H]([C@H](OC(=O)c3ccccc3)[C@]3(O)C[C@H](OC(=O)[C@H](O)[C@@H](NC(C)=O)c4ccccc4)C(C)=C1C3(C)C)[C@]1(OC(C)=O)CO[C@@H]1C[C@@H]2O. The molecule has 0 unspecified atom stereocenters. The largest absolute Gasteiger partial charge is 0.456 e. The summed E-state index contributed by atoms with van der Waals surface area (Å²) in [4.78, 5) is 68.3. The van der Waals surface area contributed by atoms with Crippen molar-refractivity contribution in [1.29, 1.82) is 0 Å². The number of carbonyl (C=O) groups excluding carboxylic acids is 5. The fraction of sp³-hybridized carbons (Fsp3) is 0.537. The predicted octanol–water partition coefficient (Wildman–Crippen LogP) is 2.53. The fourth-order valence-corrected chi connectivity index (χ4v) is 9.53. The van der Waals surface area contributed by atoms with E-state index in [0.29, 0.717) is 11.1 Å². The Morgan fingerprint density at radius 3 is 2.13 bits per heavy atom. The molecule has 0 radical (unpaired) electrons. The van der Waals surface area contributed by atoms with Crippen LogP contribution in [0.25, 0.3) is 0 Å². The normalized spacial score (nSPS) is 34.6. The number of ether oxygens (including phenoxy) is 5. The first kappa shape index (κ1) is 40.2. The standard InChI is InChI=1S/C41H49NO13/c1-21-26(53-37(49)31(46)30(42-22(2)43)24-14-10-8-11-15-24)19-41(50)35(54-36(48)25-16-12-9-13-17-25)33-39(6,34(47)32(51-7)29(21)38(41,4)5)27(45)18-28-40(33,20-52-28)55-23(3)44/h8-17,26-28,30-33,35,45-46,50H,18-20H2,1-7H3,(H,42,43)/t26-,27-,28+,30-,31+,32+,33-,35-,39+,40-,41+/m0/s1. The first-order chi connectivity index (χ1) is 25.8. The second-order valence-corrected chi connectivity index (χ2v) is 15.8. The van der Waals surface area contributed by atoms with E-state index in [1.54, 1.807) is 69.3 Å². The first-order valence-corrected chi connectivity index (χ1v) is 18.3. The van der Waals surface area contributed by atoms with E-state index in [4.69, 9.17) is 23.7 Å². The van der Waals surface area contributed by atoms with Gasteiger partial charge >= 0.3 is 17.9 Å². The van der Waals surface area contributed by atoms with Crippen molar-refractivity contribution in [2.75, 3.05) is 13.7 Å². The molecule has 296 valence electrons. The maximum atomic E-state index is 15.2. The lowest BCUT2D eigenvalue weighted by atomic mass is 9.44. The number of esters is 3. The van der Waals surface area contributed by atoms with Crippen LogP contribution in [0.2, 0.25) is 0 Å². The molecular formula is C41H49NO13. The summed E-state index contributed by atoms with van der Waals surface area (Å²) in [6, 6.07) is 15.1. The van der Waals surface area contributed by atoms with E-state index in [-0.39, 0.29) is 24.2 Å². The minimum Gasteiger partial charge on any atom is -0.456 e. The summed E-state index contributed by atoms with van der Waals surface area (Å²) in [6.45, 7) is 8.60. The van der Waals surface area contributed by atoms with Crippen molar-refractivity contribution in [3.8, 4) is 0 Å². The van der Waals surface area contributed by atoms with Crippen LogP contribution in [-0.2, 0) is 42.9 Å². The van der Waals surface area contributed by atoms with Crippen molar-refractivity contribution in [3.05, 3.63) is 82.9 Å². The number of fused-ring (bicyclic) bond motifs is 5. The van der Waals surface area contributed by atoms with Crippen molar-refractivity contribution < 1.29 is 63.0 Å². The average Bonchev–Trinajstić information content (AvgIpc) is 3.14. The molecule has 1 saturated heterocycles. The lowest BCUT2D eigenvalue weighted by Crippen LogP contribution is -2.81. The second-order valence-electron chi connectivity index (χ2n) is 15.8. The molecule has 2 bridgehead atoms. The zero-order valence-electron chi connectivity index (χ0n) is 31.9. The number of carbonyl (C=O) groups is 5. The van der Waals surface area contributed by atoms with E-state index >= 15 is 4.79 Å². The predicted molar refractivity (Wildman–Crippen MR) is 193 cm³/mol. The van der Waals surface area contributed by atoms with Gasteiger partial charge in [-0.05, 0) is 42.7 Å². The van der Waals surface area contributed by atoms with E-state index < -0.39 is 107 Å². The third-order valence-electron chi connectivity index (χ3n) is 12.5. The number of nitrogens with one attached hydrogen (secondary N) is 1. The summed E-state index contributed by atoms with van der Waals surface area (Å²) in [5, 5.41) is 39.4. The number of hydrogen-bond donors (Lipinski definition) is 4. The van der Waals surface area contributed by atoms with Crippen molar-refractivity contribution in [1.82, 2.24) is 5.32 Å². The average molecular weight is 764 g/mol. The molecule has 14 nitrogen and oxygen atoms in total. The smallest absolute Gasteiger partial charge is 0.338 e. The van der Waals surface area contributed by atoms with Crippen molar-refractivity contribution >= 4 is 29.6 Å². The molecule has 2 aromatic carbocycles. The van der Waals surface area contributed by atoms with Crippen LogP contribution in [0.3, 0.4) is 0 Å². The first-order valence-electron chi connectivity index (χ1n) is 18.3. The number of rotatable bonds is 9. The Balaban J connectivity index is 1.54. The molecule has 1 heterocycles. The highest BCUT2D eigenvalue weighted by atomic mass is 16.6. The zero-order chi connectivity index (χ0) is 40.2. The maximum Gasteiger partial charge on any atom is 0.338 e. The molecule has 14 heteroatoms. The van der Waals surface area contributed by atoms with E-state index in [1.807, 2.05) is 0 Å². The van der Waals surface area contributed by atoms with E-state index in [2.05, 4.69) is 5.32 Å². The van der Waals surface area contributed by atoms with E-state index in [1.165, 1.54) is 40.0 Å². The topological polar surface area (TPSA) is 204 Å². The Morgan fingerprint density at radius 1 is 0.964 bits per heavy atom. The van der Waals surface area contributed by atoms with Crippen molar-refractivity contribution in [3.63, 3.8) is 0 Å². The number of benzene rings is 2. The van der Waals surface area contributed by atoms with Gasteiger partial charge in [-0.2, -0.15) is 0 Å². The van der Waals surface area contributed by atoms with E-state index in [9.17, 15) is 34.5 Å². The number of methoxy groups -OCH3 is 1. The maximum absolute atomic E-state index is 15.2. The molecule has 4 aliphatic rings. The van der Waals surface area contributed by atoms with Gasteiger partial charge in [0.05, 0.1) is 35.6 Å². The van der Waals surface area contributed by atoms with Gasteiger partial charge in [-0.15, -0.1) is 0 Å². The Morgan fingerprint density at radius 2 is 1.58 bits per heavy atom. The Labute approximate surface area is 319 Å².